The largest absolute Gasteiger partial charge is 0.311 e. The summed E-state index contributed by atoms with van der Waals surface area (Å²) in [6, 6.07) is 8.03. The molecule has 26 heavy (non-hydrogen) atoms. The molecule has 4 fully saturated rings. The molecule has 1 aromatic carbocycles. The quantitative estimate of drug-likeness (QED) is 0.647. The number of nitrogens with one attached hydrogen (secondary N) is 2. The van der Waals surface area contributed by atoms with Gasteiger partial charge in [0.05, 0.1) is 11.3 Å². The zero-order valence-electron chi connectivity index (χ0n) is 16.0. The van der Waals surface area contributed by atoms with Gasteiger partial charge in [-0.25, -0.2) is 0 Å². The number of hydrogen-bond acceptors (Lipinski definition) is 2. The summed E-state index contributed by atoms with van der Waals surface area (Å²) in [5, 5.41) is 0. The number of amides is 1. The van der Waals surface area contributed by atoms with Crippen LogP contribution >= 0.6 is 0 Å². The average Bonchev–Trinajstić information content (AvgIpc) is 2.82. The van der Waals surface area contributed by atoms with Crippen molar-refractivity contribution in [2.75, 3.05) is 38.1 Å². The van der Waals surface area contributed by atoms with Crippen molar-refractivity contribution in [3.05, 3.63) is 35.9 Å². The van der Waals surface area contributed by atoms with Crippen LogP contribution in [0.3, 0.4) is 0 Å². The Labute approximate surface area is 154 Å². The van der Waals surface area contributed by atoms with Gasteiger partial charge in [0.15, 0.2) is 5.78 Å². The van der Waals surface area contributed by atoms with Gasteiger partial charge in [-0.3, -0.25) is 19.4 Å². The Morgan fingerprint density at radius 1 is 0.962 bits per heavy atom. The lowest BCUT2D eigenvalue weighted by molar-refractivity contribution is -1.19. The number of fused-ring (bicyclic) bond motifs is 1. The van der Waals surface area contributed by atoms with E-state index in [2.05, 4.69) is 26.8 Å². The molecule has 0 unspecified atom stereocenters. The maximum atomic E-state index is 12.9. The third-order valence-electron chi connectivity index (χ3n) is 7.50. The molecule has 0 atom stereocenters. The van der Waals surface area contributed by atoms with Crippen LogP contribution in [0.4, 0.5) is 5.69 Å². The summed E-state index contributed by atoms with van der Waals surface area (Å²) in [6.07, 6.45) is 2.22. The number of benzene rings is 1. The van der Waals surface area contributed by atoms with Gasteiger partial charge in [-0.15, -0.1) is 0 Å². The molecule has 2 N–H and O–H groups in total. The molecule has 1 amide bonds. The molecular weight excluding hydrogens is 326 g/mol. The van der Waals surface area contributed by atoms with Crippen LogP contribution in [0.25, 0.3) is 5.57 Å². The lowest BCUT2D eigenvalue weighted by Gasteiger charge is -2.62. The van der Waals surface area contributed by atoms with Gasteiger partial charge in [-0.1, -0.05) is 18.2 Å². The first-order valence-corrected chi connectivity index (χ1v) is 9.54. The number of nitrogens with zero attached hydrogens (tertiary/aromatic N) is 1. The minimum absolute atomic E-state index is 0.0796. The van der Waals surface area contributed by atoms with Crippen molar-refractivity contribution in [3.8, 4) is 0 Å². The molecule has 1 aromatic rings. The van der Waals surface area contributed by atoms with E-state index in [9.17, 15) is 9.59 Å². The molecule has 5 heterocycles. The maximum absolute atomic E-state index is 12.9. The van der Waals surface area contributed by atoms with Crippen LogP contribution in [-0.4, -0.2) is 50.6 Å². The Morgan fingerprint density at radius 3 is 2.08 bits per heavy atom. The number of quaternary nitrogens is 2. The number of carbonyl (C=O) groups excluding carboxylic acids is 2. The molecule has 4 bridgehead atoms. The minimum Gasteiger partial charge on any atom is -0.311 e. The van der Waals surface area contributed by atoms with Crippen molar-refractivity contribution in [2.45, 2.75) is 26.4 Å². The zero-order valence-corrected chi connectivity index (χ0v) is 16.0. The molecule has 0 aromatic heterocycles. The normalized spacial score (nSPS) is 44.9. The number of Topliss-reactive ketones (excluding diaryl/α,β-unsaturated/α-hetero) is 1. The van der Waals surface area contributed by atoms with E-state index in [-0.39, 0.29) is 22.4 Å². The lowest BCUT2D eigenvalue weighted by atomic mass is 9.60. The fraction of sp³-hybridized carbons (Fsp3) is 0.524. The molecule has 0 radical (unpaired) electrons. The second-order valence-corrected chi connectivity index (χ2v) is 9.51. The molecule has 6 rings (SSSR count). The first kappa shape index (κ1) is 16.2. The zero-order chi connectivity index (χ0) is 18.5. The van der Waals surface area contributed by atoms with Crippen LogP contribution < -0.4 is 14.7 Å². The Bertz CT molecular complexity index is 847. The van der Waals surface area contributed by atoms with Crippen molar-refractivity contribution in [1.29, 1.82) is 0 Å². The van der Waals surface area contributed by atoms with Gasteiger partial charge < -0.3 is 4.90 Å². The van der Waals surface area contributed by atoms with E-state index in [1.54, 1.807) is 4.90 Å². The van der Waals surface area contributed by atoms with Crippen LogP contribution in [0.15, 0.2) is 30.3 Å². The summed E-state index contributed by atoms with van der Waals surface area (Å²) >= 11 is 0. The number of rotatable bonds is 1. The Balaban J connectivity index is 1.61. The fourth-order valence-corrected chi connectivity index (χ4v) is 6.20. The number of piperidine rings is 2. The second kappa shape index (κ2) is 4.65. The van der Waals surface area contributed by atoms with Crippen LogP contribution in [0, 0.1) is 10.8 Å². The molecule has 0 spiro atoms. The Morgan fingerprint density at radius 2 is 1.50 bits per heavy atom. The highest BCUT2D eigenvalue weighted by molar-refractivity contribution is 6.32. The summed E-state index contributed by atoms with van der Waals surface area (Å²) in [4.78, 5) is 30.5. The van der Waals surface area contributed by atoms with E-state index in [0.717, 1.165) is 43.0 Å². The first-order chi connectivity index (χ1) is 12.2. The molecule has 5 heteroatoms. The molecule has 5 nitrogen and oxygen atoms in total. The van der Waals surface area contributed by atoms with Crippen molar-refractivity contribution in [2.24, 2.45) is 10.8 Å². The number of anilines is 1. The number of ketones is 1. The number of hydrogen-bond donors (Lipinski definition) is 2. The van der Waals surface area contributed by atoms with Crippen molar-refractivity contribution in [1.82, 2.24) is 0 Å². The summed E-state index contributed by atoms with van der Waals surface area (Å²) in [5.74, 6) is 0.533. The molecule has 136 valence electrons. The predicted octanol–water partition coefficient (Wildman–Crippen LogP) is -0.845. The maximum Gasteiger partial charge on any atom is 0.258 e. The van der Waals surface area contributed by atoms with Gasteiger partial charge in [0.2, 0.25) is 5.66 Å². The number of likely N-dealkylation sites (N-methyl/N-ethyl adjacent to an activating group) is 1. The summed E-state index contributed by atoms with van der Waals surface area (Å²) in [5.41, 5.74) is 2.23. The molecule has 0 saturated carbocycles. The van der Waals surface area contributed by atoms with E-state index in [1.807, 2.05) is 31.3 Å². The van der Waals surface area contributed by atoms with Crippen LogP contribution in [-0.2, 0) is 9.59 Å². The summed E-state index contributed by atoms with van der Waals surface area (Å²) in [6.45, 7) is 10.0. The highest BCUT2D eigenvalue weighted by Crippen LogP contribution is 2.39. The van der Waals surface area contributed by atoms with Gasteiger partial charge in [-0.2, -0.15) is 0 Å². The van der Waals surface area contributed by atoms with Crippen molar-refractivity contribution < 1.29 is 19.4 Å². The predicted molar refractivity (Wildman–Crippen MR) is 98.8 cm³/mol. The van der Waals surface area contributed by atoms with E-state index >= 15 is 0 Å². The van der Waals surface area contributed by atoms with Crippen molar-refractivity contribution in [3.63, 3.8) is 0 Å². The van der Waals surface area contributed by atoms with Gasteiger partial charge in [0, 0.05) is 25.6 Å². The topological polar surface area (TPSA) is 46.3 Å². The van der Waals surface area contributed by atoms with Crippen molar-refractivity contribution >= 4 is 23.0 Å². The van der Waals surface area contributed by atoms with E-state index in [1.165, 1.54) is 9.80 Å². The second-order valence-electron chi connectivity index (χ2n) is 9.51. The van der Waals surface area contributed by atoms with E-state index in [4.69, 9.17) is 0 Å². The summed E-state index contributed by atoms with van der Waals surface area (Å²) < 4.78 is 0. The summed E-state index contributed by atoms with van der Waals surface area (Å²) in [7, 11) is 1.85. The minimum atomic E-state index is -0.220. The Hall–Kier alpha value is -1.98. The van der Waals surface area contributed by atoms with E-state index < -0.39 is 0 Å². The third kappa shape index (κ3) is 1.78. The first-order valence-electron chi connectivity index (χ1n) is 9.54. The van der Waals surface area contributed by atoms with Gasteiger partial charge in [0.25, 0.3) is 5.91 Å². The highest BCUT2D eigenvalue weighted by atomic mass is 16.2. The fourth-order valence-electron chi connectivity index (χ4n) is 6.20. The number of para-hydroxylation sites is 1. The van der Waals surface area contributed by atoms with Gasteiger partial charge >= 0.3 is 0 Å². The Kier molecular flexibility index (Phi) is 2.90. The molecule has 0 aliphatic carbocycles. The molecule has 5 aliphatic rings. The lowest BCUT2D eigenvalue weighted by Crippen LogP contribution is -3.48. The van der Waals surface area contributed by atoms with Crippen LogP contribution in [0.2, 0.25) is 0 Å². The SMILES string of the molecule is CN1C(=O)/C(=C/C2(C)[NH+]3CC4(C)C[NH+]2CC(C)(C3)C4=O)c2ccccc21. The standard InChI is InChI=1S/C21H25N3O2/c1-19-10-23-12-20(2,18(19)26)13-24(11-19)21(23,3)9-15-14-7-5-6-8-16(14)22(4)17(15)25/h5-9H,10-13H2,1-4H3/p+2/b15-9+. The van der Waals surface area contributed by atoms with Crippen LogP contribution in [0.1, 0.15) is 26.3 Å². The smallest absolute Gasteiger partial charge is 0.258 e. The molecule has 4 saturated heterocycles. The third-order valence-corrected chi connectivity index (χ3v) is 7.50. The van der Waals surface area contributed by atoms with Gasteiger partial charge in [0.1, 0.15) is 37.0 Å². The average molecular weight is 353 g/mol. The monoisotopic (exact) mass is 353 g/mol. The molecule has 5 aliphatic heterocycles. The van der Waals surface area contributed by atoms with Gasteiger partial charge in [-0.05, 0) is 19.9 Å². The molecular formula is C21H27N3O2+2. The number of carbonyl (C=O) groups is 2. The van der Waals surface area contributed by atoms with Crippen LogP contribution in [0.5, 0.6) is 0 Å². The van der Waals surface area contributed by atoms with E-state index in [0.29, 0.717) is 5.78 Å². The highest BCUT2D eigenvalue weighted by Gasteiger charge is 2.71.